The summed E-state index contributed by atoms with van der Waals surface area (Å²) in [5.41, 5.74) is 2.63. The first-order chi connectivity index (χ1) is 8.61. The van der Waals surface area contributed by atoms with Gasteiger partial charge in [-0.2, -0.15) is 5.26 Å². The molecule has 1 aliphatic carbocycles. The fraction of sp³-hybridized carbons (Fsp3) is 0.429. The number of nitrogens with zero attached hydrogens (tertiary/aromatic N) is 3. The van der Waals surface area contributed by atoms with E-state index in [1.165, 1.54) is 6.42 Å². The molecule has 1 fully saturated rings. The summed E-state index contributed by atoms with van der Waals surface area (Å²) in [6, 6.07) is 8.29. The van der Waals surface area contributed by atoms with E-state index in [4.69, 9.17) is 16.9 Å². The van der Waals surface area contributed by atoms with Gasteiger partial charge in [-0.3, -0.25) is 0 Å². The molecule has 0 spiro atoms. The second kappa shape index (κ2) is 4.00. The predicted molar refractivity (Wildman–Crippen MR) is 71.5 cm³/mol. The molecule has 1 saturated carbocycles. The predicted octanol–water partition coefficient (Wildman–Crippen LogP) is 3.79. The van der Waals surface area contributed by atoms with Gasteiger partial charge in [-0.25, -0.2) is 4.98 Å². The average molecular weight is 260 g/mol. The lowest BCUT2D eigenvalue weighted by Crippen LogP contribution is -2.03. The first kappa shape index (κ1) is 11.6. The molecule has 0 saturated heterocycles. The first-order valence-corrected chi connectivity index (χ1v) is 6.61. The van der Waals surface area contributed by atoms with Gasteiger partial charge in [0.05, 0.1) is 28.0 Å². The number of alkyl halides is 1. The number of fused-ring (bicyclic) bond motifs is 1. The zero-order valence-electron chi connectivity index (χ0n) is 10.4. The molecule has 1 heterocycles. The van der Waals surface area contributed by atoms with Crippen molar-refractivity contribution in [2.75, 3.05) is 0 Å². The minimum absolute atomic E-state index is 0.115. The van der Waals surface area contributed by atoms with Crippen LogP contribution in [0.15, 0.2) is 18.2 Å². The normalized spacial score (nSPS) is 23.9. The molecule has 0 aliphatic heterocycles. The number of nitriles is 1. The van der Waals surface area contributed by atoms with Crippen LogP contribution in [0.1, 0.15) is 43.1 Å². The molecule has 18 heavy (non-hydrogen) atoms. The number of aromatic nitrogens is 2. The van der Waals surface area contributed by atoms with Crippen LogP contribution in [0.3, 0.4) is 0 Å². The molecular formula is C14H14ClN3. The highest BCUT2D eigenvalue weighted by Crippen LogP contribution is 2.46. The lowest BCUT2D eigenvalue weighted by atomic mass is 10.2. The minimum Gasteiger partial charge on any atom is -0.323 e. The molecule has 3 nitrogen and oxygen atoms in total. The molecule has 0 bridgehead atoms. The molecule has 0 radical (unpaired) electrons. The maximum Gasteiger partial charge on any atom is 0.127 e. The van der Waals surface area contributed by atoms with Crippen LogP contribution < -0.4 is 0 Å². The Bertz CT molecular complexity index is 651. The molecule has 0 amide bonds. The monoisotopic (exact) mass is 259 g/mol. The molecule has 3 rings (SSSR count). The summed E-state index contributed by atoms with van der Waals surface area (Å²) in [5.74, 6) is 1.58. The van der Waals surface area contributed by atoms with Gasteiger partial charge in [0, 0.05) is 6.04 Å². The van der Waals surface area contributed by atoms with Gasteiger partial charge in [-0.1, -0.05) is 6.92 Å². The summed E-state index contributed by atoms with van der Waals surface area (Å²) in [7, 11) is 0. The van der Waals surface area contributed by atoms with Crippen molar-refractivity contribution in [1.29, 1.82) is 5.26 Å². The third kappa shape index (κ3) is 1.69. The molecule has 3 unspecified atom stereocenters. The number of hydrogen-bond donors (Lipinski definition) is 0. The van der Waals surface area contributed by atoms with Crippen LogP contribution in [0.5, 0.6) is 0 Å². The van der Waals surface area contributed by atoms with Crippen molar-refractivity contribution < 1.29 is 0 Å². The van der Waals surface area contributed by atoms with Gasteiger partial charge < -0.3 is 4.57 Å². The van der Waals surface area contributed by atoms with Crippen LogP contribution in [0.2, 0.25) is 0 Å². The van der Waals surface area contributed by atoms with E-state index in [0.29, 0.717) is 17.5 Å². The van der Waals surface area contributed by atoms with Crippen LogP contribution >= 0.6 is 11.6 Å². The standard InChI is InChI=1S/C14H14ClN3/c1-8-5-12(8)18-13-6-10(7-16)3-4-11(13)17-14(18)9(2)15/h3-4,6,8-9,12H,5H2,1-2H3. The van der Waals surface area contributed by atoms with Gasteiger partial charge in [0.1, 0.15) is 5.82 Å². The Morgan fingerprint density at radius 3 is 2.83 bits per heavy atom. The second-order valence-electron chi connectivity index (χ2n) is 5.05. The van der Waals surface area contributed by atoms with E-state index in [1.54, 1.807) is 6.07 Å². The smallest absolute Gasteiger partial charge is 0.127 e. The van der Waals surface area contributed by atoms with E-state index >= 15 is 0 Å². The van der Waals surface area contributed by atoms with Crippen molar-refractivity contribution in [3.63, 3.8) is 0 Å². The van der Waals surface area contributed by atoms with Crippen molar-refractivity contribution in [3.8, 4) is 6.07 Å². The molecular weight excluding hydrogens is 246 g/mol. The Labute approximate surface area is 111 Å². The Balaban J connectivity index is 2.26. The molecule has 0 N–H and O–H groups in total. The maximum absolute atomic E-state index is 9.00. The molecule has 2 aromatic rings. The fourth-order valence-corrected chi connectivity index (χ4v) is 2.63. The first-order valence-electron chi connectivity index (χ1n) is 6.18. The van der Waals surface area contributed by atoms with E-state index in [1.807, 2.05) is 19.1 Å². The summed E-state index contributed by atoms with van der Waals surface area (Å²) in [6.45, 7) is 4.17. The lowest BCUT2D eigenvalue weighted by Gasteiger charge is -2.09. The molecule has 3 atom stereocenters. The van der Waals surface area contributed by atoms with Gasteiger partial charge in [-0.05, 0) is 37.5 Å². The van der Waals surface area contributed by atoms with E-state index in [-0.39, 0.29) is 5.38 Å². The fourth-order valence-electron chi connectivity index (χ4n) is 2.47. The van der Waals surface area contributed by atoms with Gasteiger partial charge >= 0.3 is 0 Å². The third-order valence-corrected chi connectivity index (χ3v) is 3.80. The summed E-state index contributed by atoms with van der Waals surface area (Å²) < 4.78 is 2.22. The Kier molecular flexibility index (Phi) is 2.57. The Morgan fingerprint density at radius 2 is 2.28 bits per heavy atom. The third-order valence-electron chi connectivity index (χ3n) is 3.60. The number of imidazole rings is 1. The lowest BCUT2D eigenvalue weighted by molar-refractivity contribution is 0.659. The average Bonchev–Trinajstić information content (AvgIpc) is 2.94. The zero-order valence-corrected chi connectivity index (χ0v) is 11.1. The maximum atomic E-state index is 9.00. The SMILES string of the molecule is CC(Cl)c1nc2ccc(C#N)cc2n1C1CC1C. The zero-order chi connectivity index (χ0) is 12.9. The number of hydrogen-bond acceptors (Lipinski definition) is 2. The van der Waals surface area contributed by atoms with Crippen molar-refractivity contribution in [2.24, 2.45) is 5.92 Å². The summed E-state index contributed by atoms with van der Waals surface area (Å²) in [4.78, 5) is 4.60. The Morgan fingerprint density at radius 1 is 1.56 bits per heavy atom. The van der Waals surface area contributed by atoms with Crippen molar-refractivity contribution in [2.45, 2.75) is 31.7 Å². The second-order valence-corrected chi connectivity index (χ2v) is 5.71. The molecule has 1 aliphatic rings. The van der Waals surface area contributed by atoms with E-state index in [2.05, 4.69) is 22.5 Å². The van der Waals surface area contributed by atoms with Gasteiger partial charge in [0.25, 0.3) is 0 Å². The molecule has 1 aromatic carbocycles. The van der Waals surface area contributed by atoms with Gasteiger partial charge in [0.2, 0.25) is 0 Å². The van der Waals surface area contributed by atoms with E-state index < -0.39 is 0 Å². The summed E-state index contributed by atoms with van der Waals surface area (Å²) >= 11 is 6.22. The van der Waals surface area contributed by atoms with Crippen LogP contribution in [0.25, 0.3) is 11.0 Å². The minimum atomic E-state index is -0.115. The van der Waals surface area contributed by atoms with Gasteiger partial charge in [-0.15, -0.1) is 11.6 Å². The summed E-state index contributed by atoms with van der Waals surface area (Å²) in [5, 5.41) is 8.89. The van der Waals surface area contributed by atoms with E-state index in [0.717, 1.165) is 16.9 Å². The highest BCUT2D eigenvalue weighted by Gasteiger charge is 2.37. The molecule has 4 heteroatoms. The van der Waals surface area contributed by atoms with Crippen molar-refractivity contribution in [3.05, 3.63) is 29.6 Å². The van der Waals surface area contributed by atoms with Crippen molar-refractivity contribution in [1.82, 2.24) is 9.55 Å². The largest absolute Gasteiger partial charge is 0.323 e. The topological polar surface area (TPSA) is 41.6 Å². The van der Waals surface area contributed by atoms with Crippen LogP contribution in [-0.4, -0.2) is 9.55 Å². The molecule has 1 aromatic heterocycles. The van der Waals surface area contributed by atoms with Crippen molar-refractivity contribution >= 4 is 22.6 Å². The number of halogens is 1. The Hall–Kier alpha value is -1.53. The van der Waals surface area contributed by atoms with E-state index in [9.17, 15) is 0 Å². The highest BCUT2D eigenvalue weighted by molar-refractivity contribution is 6.20. The van der Waals surface area contributed by atoms with Gasteiger partial charge in [0.15, 0.2) is 0 Å². The number of rotatable bonds is 2. The summed E-state index contributed by atoms with van der Waals surface area (Å²) in [6.07, 6.45) is 1.17. The molecule has 92 valence electrons. The van der Waals surface area contributed by atoms with Crippen LogP contribution in [0, 0.1) is 17.2 Å². The van der Waals surface area contributed by atoms with Crippen LogP contribution in [-0.2, 0) is 0 Å². The number of benzene rings is 1. The quantitative estimate of drug-likeness (QED) is 0.770. The highest BCUT2D eigenvalue weighted by atomic mass is 35.5. The van der Waals surface area contributed by atoms with Crippen LogP contribution in [0.4, 0.5) is 0 Å².